The van der Waals surface area contributed by atoms with Crippen LogP contribution in [0.5, 0.6) is 0 Å². The molecule has 1 aromatic heterocycles. The molecule has 2 heterocycles. The minimum absolute atomic E-state index is 0.0342. The number of rotatable bonds is 7. The minimum atomic E-state index is 0.0342. The van der Waals surface area contributed by atoms with E-state index in [1.165, 1.54) is 5.52 Å². The fourth-order valence-corrected chi connectivity index (χ4v) is 4.41. The quantitative estimate of drug-likeness (QED) is 0.575. The van der Waals surface area contributed by atoms with Crippen molar-refractivity contribution in [1.82, 2.24) is 14.9 Å². The highest BCUT2D eigenvalue weighted by molar-refractivity contribution is 5.80. The van der Waals surface area contributed by atoms with E-state index in [1.54, 1.807) is 0 Å². The third-order valence-electron chi connectivity index (χ3n) is 6.37. The lowest BCUT2D eigenvalue weighted by molar-refractivity contribution is -0.126. The van der Waals surface area contributed by atoms with E-state index in [-0.39, 0.29) is 17.9 Å². The van der Waals surface area contributed by atoms with Gasteiger partial charge in [-0.15, -0.1) is 0 Å². The van der Waals surface area contributed by atoms with Crippen LogP contribution in [0.2, 0.25) is 0 Å². The number of hydrogen-bond donors (Lipinski definition) is 1. The minimum Gasteiger partial charge on any atom is -0.349 e. The molecule has 0 saturated carbocycles. The van der Waals surface area contributed by atoms with E-state index >= 15 is 0 Å². The van der Waals surface area contributed by atoms with E-state index in [4.69, 9.17) is 4.98 Å². The Kier molecular flexibility index (Phi) is 6.59. The first-order valence-electron chi connectivity index (χ1n) is 11.6. The summed E-state index contributed by atoms with van der Waals surface area (Å²) in [6.45, 7) is 9.28. The number of nitrogens with zero attached hydrogens (tertiary/aromatic N) is 3. The summed E-state index contributed by atoms with van der Waals surface area (Å²) < 4.78 is 2.37. The van der Waals surface area contributed by atoms with E-state index in [0.717, 1.165) is 55.9 Å². The molecule has 1 fully saturated rings. The van der Waals surface area contributed by atoms with Crippen LogP contribution in [-0.2, 0) is 11.3 Å². The highest BCUT2D eigenvalue weighted by Gasteiger charge is 2.28. The summed E-state index contributed by atoms with van der Waals surface area (Å²) in [6, 6.07) is 18.6. The van der Waals surface area contributed by atoms with Gasteiger partial charge in [-0.25, -0.2) is 4.98 Å². The van der Waals surface area contributed by atoms with Gasteiger partial charge in [0.15, 0.2) is 0 Å². The van der Waals surface area contributed by atoms with Crippen molar-refractivity contribution in [2.45, 2.75) is 52.6 Å². The van der Waals surface area contributed by atoms with Crippen molar-refractivity contribution in [2.24, 2.45) is 11.8 Å². The number of imidazole rings is 1. The van der Waals surface area contributed by atoms with Gasteiger partial charge in [0, 0.05) is 25.6 Å². The highest BCUT2D eigenvalue weighted by atomic mass is 16.1. The van der Waals surface area contributed by atoms with Gasteiger partial charge in [-0.3, -0.25) is 4.79 Å². The molecule has 2 aromatic carbocycles. The average molecular weight is 419 g/mol. The molecular formula is C26H34N4O. The van der Waals surface area contributed by atoms with Crippen molar-refractivity contribution in [1.29, 1.82) is 0 Å². The van der Waals surface area contributed by atoms with Crippen molar-refractivity contribution in [3.05, 3.63) is 60.2 Å². The Labute approximate surface area is 185 Å². The molecule has 1 aliphatic rings. The van der Waals surface area contributed by atoms with Crippen LogP contribution in [0.1, 0.15) is 51.6 Å². The zero-order chi connectivity index (χ0) is 21.8. The zero-order valence-electron chi connectivity index (χ0n) is 18.9. The number of carbonyl (C=O) groups is 1. The second kappa shape index (κ2) is 9.54. The number of aryl methyl sites for hydroxylation is 1. The molecule has 1 unspecified atom stereocenters. The number of carbonyl (C=O) groups excluding carboxylic acids is 1. The standard InChI is InChI=1S/C26H34N4O/c1-19(2)13-18-30-24-12-8-7-11-23(24)28-26(30)29-16-14-22(15-17-29)25(31)27-20(3)21-9-5-4-6-10-21/h4-12,19-20,22H,13-18H2,1-3H3,(H,27,31). The molecule has 0 radical (unpaired) electrons. The molecule has 0 spiro atoms. The summed E-state index contributed by atoms with van der Waals surface area (Å²) in [6.07, 6.45) is 2.85. The number of piperidine rings is 1. The van der Waals surface area contributed by atoms with E-state index in [1.807, 2.05) is 18.2 Å². The van der Waals surface area contributed by atoms with Crippen LogP contribution in [-0.4, -0.2) is 28.5 Å². The van der Waals surface area contributed by atoms with E-state index < -0.39 is 0 Å². The summed E-state index contributed by atoms with van der Waals surface area (Å²) >= 11 is 0. The first-order valence-corrected chi connectivity index (χ1v) is 11.6. The smallest absolute Gasteiger partial charge is 0.223 e. The maximum atomic E-state index is 12.9. The number of nitrogens with one attached hydrogen (secondary N) is 1. The second-order valence-electron chi connectivity index (χ2n) is 9.14. The highest BCUT2D eigenvalue weighted by Crippen LogP contribution is 2.28. The van der Waals surface area contributed by atoms with Crippen molar-refractivity contribution in [3.8, 4) is 0 Å². The van der Waals surface area contributed by atoms with Gasteiger partial charge in [0.2, 0.25) is 11.9 Å². The van der Waals surface area contributed by atoms with Crippen LogP contribution in [0.3, 0.4) is 0 Å². The van der Waals surface area contributed by atoms with Gasteiger partial charge >= 0.3 is 0 Å². The second-order valence-corrected chi connectivity index (χ2v) is 9.14. The van der Waals surface area contributed by atoms with Gasteiger partial charge in [0.05, 0.1) is 17.1 Å². The zero-order valence-corrected chi connectivity index (χ0v) is 18.9. The number of benzene rings is 2. The summed E-state index contributed by atoms with van der Waals surface area (Å²) in [5, 5.41) is 3.21. The lowest BCUT2D eigenvalue weighted by Gasteiger charge is -2.33. The number of aromatic nitrogens is 2. The van der Waals surface area contributed by atoms with Crippen LogP contribution in [0.15, 0.2) is 54.6 Å². The fraction of sp³-hybridized carbons (Fsp3) is 0.462. The topological polar surface area (TPSA) is 50.2 Å². The molecule has 164 valence electrons. The molecule has 1 aliphatic heterocycles. The number of amides is 1. The van der Waals surface area contributed by atoms with Crippen LogP contribution in [0, 0.1) is 11.8 Å². The van der Waals surface area contributed by atoms with E-state index in [0.29, 0.717) is 5.92 Å². The predicted molar refractivity (Wildman–Crippen MR) is 127 cm³/mol. The van der Waals surface area contributed by atoms with Crippen molar-refractivity contribution >= 4 is 22.9 Å². The molecule has 1 amide bonds. The largest absolute Gasteiger partial charge is 0.349 e. The number of fused-ring (bicyclic) bond motifs is 1. The van der Waals surface area contributed by atoms with Crippen LogP contribution < -0.4 is 10.2 Å². The first kappa shape index (κ1) is 21.4. The van der Waals surface area contributed by atoms with Gasteiger partial charge in [-0.1, -0.05) is 56.3 Å². The van der Waals surface area contributed by atoms with Crippen molar-refractivity contribution in [3.63, 3.8) is 0 Å². The normalized spacial score (nSPS) is 16.1. The van der Waals surface area contributed by atoms with Gasteiger partial charge in [0.25, 0.3) is 0 Å². The number of para-hydroxylation sites is 2. The summed E-state index contributed by atoms with van der Waals surface area (Å²) in [5.41, 5.74) is 3.40. The lowest BCUT2D eigenvalue weighted by atomic mass is 9.95. The Morgan fingerprint density at radius 3 is 2.42 bits per heavy atom. The van der Waals surface area contributed by atoms with Gasteiger partial charge in [0.1, 0.15) is 0 Å². The summed E-state index contributed by atoms with van der Waals surface area (Å²) in [4.78, 5) is 20.2. The van der Waals surface area contributed by atoms with Crippen molar-refractivity contribution in [2.75, 3.05) is 18.0 Å². The van der Waals surface area contributed by atoms with Gasteiger partial charge in [-0.2, -0.15) is 0 Å². The molecule has 5 nitrogen and oxygen atoms in total. The maximum absolute atomic E-state index is 12.9. The Bertz CT molecular complexity index is 1000. The van der Waals surface area contributed by atoms with Crippen LogP contribution in [0.4, 0.5) is 5.95 Å². The Morgan fingerprint density at radius 1 is 1.03 bits per heavy atom. The number of anilines is 1. The lowest BCUT2D eigenvalue weighted by Crippen LogP contribution is -2.42. The molecule has 31 heavy (non-hydrogen) atoms. The molecule has 0 bridgehead atoms. The molecule has 4 rings (SSSR count). The molecule has 5 heteroatoms. The Morgan fingerprint density at radius 2 is 1.71 bits per heavy atom. The summed E-state index contributed by atoms with van der Waals surface area (Å²) in [7, 11) is 0. The van der Waals surface area contributed by atoms with Gasteiger partial charge < -0.3 is 14.8 Å². The van der Waals surface area contributed by atoms with Crippen LogP contribution >= 0.6 is 0 Å². The van der Waals surface area contributed by atoms with E-state index in [9.17, 15) is 4.79 Å². The molecule has 3 aromatic rings. The molecule has 1 saturated heterocycles. The fourth-order valence-electron chi connectivity index (χ4n) is 4.41. The Balaban J connectivity index is 1.42. The Hall–Kier alpha value is -2.82. The van der Waals surface area contributed by atoms with Crippen LogP contribution in [0.25, 0.3) is 11.0 Å². The predicted octanol–water partition coefficient (Wildman–Crippen LogP) is 5.18. The summed E-state index contributed by atoms with van der Waals surface area (Å²) in [5.74, 6) is 1.94. The first-order chi connectivity index (χ1) is 15.0. The number of hydrogen-bond acceptors (Lipinski definition) is 3. The third-order valence-corrected chi connectivity index (χ3v) is 6.37. The molecule has 1 atom stereocenters. The van der Waals surface area contributed by atoms with Crippen molar-refractivity contribution < 1.29 is 4.79 Å². The molecular weight excluding hydrogens is 384 g/mol. The third kappa shape index (κ3) is 4.92. The SMILES string of the molecule is CC(C)CCn1c(N2CCC(C(=O)NC(C)c3ccccc3)CC2)nc2ccccc21. The molecule has 0 aliphatic carbocycles. The van der Waals surface area contributed by atoms with Gasteiger partial charge in [-0.05, 0) is 49.8 Å². The average Bonchev–Trinajstić information content (AvgIpc) is 3.17. The monoisotopic (exact) mass is 418 g/mol. The van der Waals surface area contributed by atoms with E-state index in [2.05, 4.69) is 72.0 Å². The maximum Gasteiger partial charge on any atom is 0.223 e. The molecule has 1 N–H and O–H groups in total.